The lowest BCUT2D eigenvalue weighted by atomic mass is 9.87. The first-order valence-electron chi connectivity index (χ1n) is 9.07. The van der Waals surface area contributed by atoms with Gasteiger partial charge in [0.2, 0.25) is 11.8 Å². The van der Waals surface area contributed by atoms with E-state index in [2.05, 4.69) is 16.7 Å². The maximum Gasteiger partial charge on any atom is 0.234 e. The average molecular weight is 407 g/mol. The van der Waals surface area contributed by atoms with Gasteiger partial charge < -0.3 is 15.4 Å². The lowest BCUT2D eigenvalue weighted by molar-refractivity contribution is -0.121. The van der Waals surface area contributed by atoms with Crippen molar-refractivity contribution < 1.29 is 14.3 Å². The van der Waals surface area contributed by atoms with Gasteiger partial charge in [0.1, 0.15) is 5.75 Å². The molecule has 1 aliphatic heterocycles. The third-order valence-electron chi connectivity index (χ3n) is 4.56. The first-order valence-corrected chi connectivity index (χ1v) is 10.1. The van der Waals surface area contributed by atoms with Gasteiger partial charge in [0.25, 0.3) is 0 Å². The topological polar surface area (TPSA) is 91.2 Å². The average Bonchev–Trinajstić information content (AvgIpc) is 2.73. The van der Waals surface area contributed by atoms with E-state index in [1.807, 2.05) is 31.2 Å². The maximum atomic E-state index is 12.3. The Bertz CT molecular complexity index is 976. The Kier molecular flexibility index (Phi) is 6.57. The number of rotatable bonds is 6. The minimum Gasteiger partial charge on any atom is -0.497 e. The molecule has 0 bridgehead atoms. The fraction of sp³-hybridized carbons (Fsp3) is 0.227. The van der Waals surface area contributed by atoms with Crippen LogP contribution in [0.25, 0.3) is 0 Å². The zero-order valence-corrected chi connectivity index (χ0v) is 17.0. The van der Waals surface area contributed by atoms with Crippen molar-refractivity contribution in [2.45, 2.75) is 19.3 Å². The number of amides is 2. The standard InChI is InChI=1S/C22H21N3O3S/c1-14-3-5-15(6-4-14)18-11-20(26)25-22(19(18)12-23)29-13-21(27)24-16-7-9-17(28-2)10-8-16/h3-10,18H,11,13H2,1-2H3,(H,24,27)(H,25,26)/t18-/m1/s1. The van der Waals surface area contributed by atoms with Crippen LogP contribution in [0.15, 0.2) is 59.1 Å². The van der Waals surface area contributed by atoms with Gasteiger partial charge in [-0.25, -0.2) is 0 Å². The number of anilines is 1. The van der Waals surface area contributed by atoms with Crippen molar-refractivity contribution >= 4 is 29.3 Å². The molecule has 2 N–H and O–H groups in total. The highest BCUT2D eigenvalue weighted by Crippen LogP contribution is 2.36. The number of methoxy groups -OCH3 is 1. The summed E-state index contributed by atoms with van der Waals surface area (Å²) in [7, 11) is 1.58. The molecule has 0 spiro atoms. The van der Waals surface area contributed by atoms with Gasteiger partial charge in [-0.2, -0.15) is 5.26 Å². The predicted molar refractivity (Wildman–Crippen MR) is 113 cm³/mol. The zero-order valence-electron chi connectivity index (χ0n) is 16.2. The molecule has 3 rings (SSSR count). The smallest absolute Gasteiger partial charge is 0.234 e. The monoisotopic (exact) mass is 407 g/mol. The van der Waals surface area contributed by atoms with Crippen molar-refractivity contribution in [3.63, 3.8) is 0 Å². The summed E-state index contributed by atoms with van der Waals surface area (Å²) in [6.07, 6.45) is 0.216. The number of benzene rings is 2. The summed E-state index contributed by atoms with van der Waals surface area (Å²) in [4.78, 5) is 24.5. The highest BCUT2D eigenvalue weighted by Gasteiger charge is 2.29. The van der Waals surface area contributed by atoms with E-state index in [1.54, 1.807) is 31.4 Å². The van der Waals surface area contributed by atoms with E-state index in [0.717, 1.165) is 22.9 Å². The zero-order chi connectivity index (χ0) is 20.8. The van der Waals surface area contributed by atoms with Crippen LogP contribution in [0, 0.1) is 18.3 Å². The van der Waals surface area contributed by atoms with Crippen LogP contribution in [0.2, 0.25) is 0 Å². The molecule has 0 aromatic heterocycles. The summed E-state index contributed by atoms with van der Waals surface area (Å²) in [5.41, 5.74) is 3.16. The molecule has 0 saturated carbocycles. The molecule has 2 aromatic rings. The Labute approximate surface area is 173 Å². The van der Waals surface area contributed by atoms with Gasteiger partial charge in [-0.05, 0) is 36.8 Å². The Hall–Kier alpha value is -3.24. The van der Waals surface area contributed by atoms with Crippen LogP contribution in [-0.2, 0) is 9.59 Å². The number of allylic oxidation sites excluding steroid dienone is 1. The van der Waals surface area contributed by atoms with Crippen molar-refractivity contribution in [3.8, 4) is 11.8 Å². The summed E-state index contributed by atoms with van der Waals surface area (Å²) in [5.74, 6) is 0.0898. The highest BCUT2D eigenvalue weighted by molar-refractivity contribution is 8.03. The second-order valence-electron chi connectivity index (χ2n) is 6.64. The molecule has 0 unspecified atom stereocenters. The van der Waals surface area contributed by atoms with Gasteiger partial charge in [0.15, 0.2) is 0 Å². The van der Waals surface area contributed by atoms with Gasteiger partial charge in [-0.15, -0.1) is 0 Å². The number of carbonyl (C=O) groups is 2. The van der Waals surface area contributed by atoms with Crippen molar-refractivity contribution in [3.05, 3.63) is 70.3 Å². The molecular formula is C22H21N3O3S. The molecular weight excluding hydrogens is 386 g/mol. The van der Waals surface area contributed by atoms with Gasteiger partial charge in [0, 0.05) is 18.0 Å². The van der Waals surface area contributed by atoms with Gasteiger partial charge in [0.05, 0.1) is 29.5 Å². The van der Waals surface area contributed by atoms with Crippen LogP contribution >= 0.6 is 11.8 Å². The van der Waals surface area contributed by atoms with Gasteiger partial charge in [-0.3, -0.25) is 9.59 Å². The number of carbonyl (C=O) groups excluding carboxylic acids is 2. The number of nitriles is 1. The van der Waals surface area contributed by atoms with E-state index >= 15 is 0 Å². The summed E-state index contributed by atoms with van der Waals surface area (Å²) in [5, 5.41) is 15.7. The SMILES string of the molecule is COc1ccc(NC(=O)CSC2=C(C#N)[C@@H](c3ccc(C)cc3)CC(=O)N2)cc1. The number of nitrogens with one attached hydrogen (secondary N) is 2. The number of ether oxygens (including phenoxy) is 1. The Morgan fingerprint density at radius 3 is 2.55 bits per heavy atom. The molecule has 1 atom stereocenters. The normalized spacial score (nSPS) is 16.0. The molecule has 148 valence electrons. The molecule has 0 fully saturated rings. The van der Waals surface area contributed by atoms with Crippen molar-refractivity contribution in [2.75, 3.05) is 18.2 Å². The fourth-order valence-corrected chi connectivity index (χ4v) is 3.90. The van der Waals surface area contributed by atoms with Crippen LogP contribution in [0.4, 0.5) is 5.69 Å². The van der Waals surface area contributed by atoms with Gasteiger partial charge >= 0.3 is 0 Å². The summed E-state index contributed by atoms with van der Waals surface area (Å²) in [6.45, 7) is 1.99. The number of aryl methyl sites for hydroxylation is 1. The molecule has 7 heteroatoms. The molecule has 0 radical (unpaired) electrons. The number of nitrogens with zero attached hydrogens (tertiary/aromatic N) is 1. The van der Waals surface area contributed by atoms with Crippen molar-refractivity contribution in [1.82, 2.24) is 5.32 Å². The first-order chi connectivity index (χ1) is 14.0. The van der Waals surface area contributed by atoms with Crippen molar-refractivity contribution in [1.29, 1.82) is 5.26 Å². The molecule has 0 aliphatic carbocycles. The van der Waals surface area contributed by atoms with Crippen molar-refractivity contribution in [2.24, 2.45) is 0 Å². The number of hydrogen-bond acceptors (Lipinski definition) is 5. The molecule has 1 heterocycles. The Morgan fingerprint density at radius 2 is 1.93 bits per heavy atom. The quantitative estimate of drug-likeness (QED) is 0.762. The van der Waals surface area contributed by atoms with E-state index in [0.29, 0.717) is 22.0 Å². The first kappa shape index (κ1) is 20.5. The predicted octanol–water partition coefficient (Wildman–Crippen LogP) is 3.71. The largest absolute Gasteiger partial charge is 0.497 e. The van der Waals surface area contributed by atoms with E-state index in [-0.39, 0.29) is 29.9 Å². The molecule has 1 aliphatic rings. The third-order valence-corrected chi connectivity index (χ3v) is 5.57. The van der Waals surface area contributed by atoms with Crippen LogP contribution < -0.4 is 15.4 Å². The van der Waals surface area contributed by atoms with E-state index in [4.69, 9.17) is 4.74 Å². The van der Waals surface area contributed by atoms with E-state index in [9.17, 15) is 14.9 Å². The highest BCUT2D eigenvalue weighted by atomic mass is 32.2. The molecule has 6 nitrogen and oxygen atoms in total. The minimum atomic E-state index is -0.304. The fourth-order valence-electron chi connectivity index (χ4n) is 3.03. The molecule has 2 aromatic carbocycles. The molecule has 29 heavy (non-hydrogen) atoms. The van der Waals surface area contributed by atoms with Gasteiger partial charge in [-0.1, -0.05) is 41.6 Å². The summed E-state index contributed by atoms with van der Waals surface area (Å²) >= 11 is 1.16. The molecule has 2 amide bonds. The lowest BCUT2D eigenvalue weighted by Gasteiger charge is -2.25. The molecule has 0 saturated heterocycles. The third kappa shape index (κ3) is 5.18. The Morgan fingerprint density at radius 1 is 1.24 bits per heavy atom. The minimum absolute atomic E-state index is 0.0768. The van der Waals surface area contributed by atoms with Crippen LogP contribution in [0.5, 0.6) is 5.75 Å². The number of hydrogen-bond donors (Lipinski definition) is 2. The summed E-state index contributed by atoms with van der Waals surface area (Å²) < 4.78 is 5.09. The van der Waals surface area contributed by atoms with Crippen LogP contribution in [0.1, 0.15) is 23.5 Å². The maximum absolute atomic E-state index is 12.3. The lowest BCUT2D eigenvalue weighted by Crippen LogP contribution is -2.31. The van der Waals surface area contributed by atoms with Crippen LogP contribution in [0.3, 0.4) is 0 Å². The van der Waals surface area contributed by atoms with E-state index < -0.39 is 0 Å². The van der Waals surface area contributed by atoms with Crippen LogP contribution in [-0.4, -0.2) is 24.7 Å². The van der Waals surface area contributed by atoms with E-state index in [1.165, 1.54) is 0 Å². The second-order valence-corrected chi connectivity index (χ2v) is 7.62. The Balaban J connectivity index is 1.71. The second kappa shape index (κ2) is 9.30. The number of thioether (sulfide) groups is 1. The summed E-state index contributed by atoms with van der Waals surface area (Å²) in [6, 6.07) is 17.0.